The number of aryl methyl sites for hydroxylation is 1. The van der Waals surface area contributed by atoms with Crippen LogP contribution in [0.2, 0.25) is 0 Å². The van der Waals surface area contributed by atoms with E-state index in [4.69, 9.17) is 4.52 Å². The minimum absolute atomic E-state index is 0.0244. The van der Waals surface area contributed by atoms with Gasteiger partial charge in [0.25, 0.3) is 10.0 Å². The smallest absolute Gasteiger partial charge is 0.263 e. The molecule has 0 saturated heterocycles. The molecular weight excluding hydrogens is 354 g/mol. The number of benzene rings is 1. The third-order valence-electron chi connectivity index (χ3n) is 4.24. The lowest BCUT2D eigenvalue weighted by molar-refractivity contribution is 0.0972. The predicted molar refractivity (Wildman–Crippen MR) is 94.3 cm³/mol. The highest BCUT2D eigenvalue weighted by Gasteiger charge is 2.22. The van der Waals surface area contributed by atoms with E-state index in [1.165, 1.54) is 18.2 Å². The lowest BCUT2D eigenvalue weighted by Crippen LogP contribution is -2.16. The Morgan fingerprint density at radius 3 is 2.81 bits per heavy atom. The van der Waals surface area contributed by atoms with Crippen LogP contribution in [0.25, 0.3) is 11.3 Å². The van der Waals surface area contributed by atoms with Crippen molar-refractivity contribution in [3.63, 3.8) is 0 Å². The van der Waals surface area contributed by atoms with Crippen molar-refractivity contribution in [2.75, 3.05) is 4.72 Å². The molecule has 0 spiro atoms. The van der Waals surface area contributed by atoms with E-state index in [0.717, 1.165) is 18.4 Å². The molecule has 0 fully saturated rings. The number of carbonyl (C=O) groups is 1. The Morgan fingerprint density at radius 1 is 1.12 bits per heavy atom. The number of aromatic nitrogens is 2. The van der Waals surface area contributed by atoms with Crippen molar-refractivity contribution >= 4 is 21.6 Å². The molecule has 1 aromatic carbocycles. The standard InChI is InChI=1S/C18H15N3O4S/c22-16-5-1-3-12-6-7-14(9-15(12)16)26(23,24)21-18-10-17(25-20-18)13-4-2-8-19-11-13/h2,4,6-11H,1,3,5H2,(H,20,21). The van der Waals surface area contributed by atoms with Gasteiger partial charge in [0.2, 0.25) is 0 Å². The third kappa shape index (κ3) is 3.11. The quantitative estimate of drug-likeness (QED) is 0.758. The highest BCUT2D eigenvalue weighted by Crippen LogP contribution is 2.26. The summed E-state index contributed by atoms with van der Waals surface area (Å²) in [7, 11) is -3.88. The molecule has 2 aromatic heterocycles. The van der Waals surface area contributed by atoms with E-state index in [2.05, 4.69) is 14.9 Å². The Labute approximate surface area is 150 Å². The number of pyridine rings is 1. The number of hydrogen-bond donors (Lipinski definition) is 1. The van der Waals surface area contributed by atoms with Gasteiger partial charge in [0, 0.05) is 36.0 Å². The second-order valence-electron chi connectivity index (χ2n) is 6.02. The number of nitrogens with one attached hydrogen (secondary N) is 1. The molecule has 1 N–H and O–H groups in total. The van der Waals surface area contributed by atoms with Crippen LogP contribution in [0.1, 0.15) is 28.8 Å². The van der Waals surface area contributed by atoms with Crippen molar-refractivity contribution < 1.29 is 17.7 Å². The number of fused-ring (bicyclic) bond motifs is 1. The summed E-state index contributed by atoms with van der Waals surface area (Å²) in [6.07, 6.45) is 5.25. The van der Waals surface area contributed by atoms with Crippen molar-refractivity contribution in [2.24, 2.45) is 0 Å². The first kappa shape index (κ1) is 16.5. The van der Waals surface area contributed by atoms with E-state index in [0.29, 0.717) is 23.3 Å². The number of sulfonamides is 1. The molecule has 4 rings (SSSR count). The van der Waals surface area contributed by atoms with Crippen LogP contribution in [0.5, 0.6) is 0 Å². The van der Waals surface area contributed by atoms with Gasteiger partial charge in [0.05, 0.1) is 4.90 Å². The fourth-order valence-corrected chi connectivity index (χ4v) is 3.95. The van der Waals surface area contributed by atoms with Crippen molar-refractivity contribution in [1.29, 1.82) is 0 Å². The Balaban J connectivity index is 1.61. The van der Waals surface area contributed by atoms with Gasteiger partial charge in [-0.05, 0) is 42.7 Å². The molecule has 7 nitrogen and oxygen atoms in total. The van der Waals surface area contributed by atoms with Crippen LogP contribution in [0.4, 0.5) is 5.82 Å². The second kappa shape index (κ2) is 6.38. The Bertz CT molecular complexity index is 1070. The van der Waals surface area contributed by atoms with E-state index in [9.17, 15) is 13.2 Å². The number of Topliss-reactive ketones (excluding diaryl/α,β-unsaturated/α-hetero) is 1. The summed E-state index contributed by atoms with van der Waals surface area (Å²) in [6, 6.07) is 9.64. The van der Waals surface area contributed by atoms with Crippen LogP contribution in [0, 0.1) is 0 Å². The Morgan fingerprint density at radius 2 is 2.00 bits per heavy atom. The summed E-state index contributed by atoms with van der Waals surface area (Å²) < 4.78 is 32.8. The average molecular weight is 369 g/mol. The maximum absolute atomic E-state index is 12.6. The summed E-state index contributed by atoms with van der Waals surface area (Å²) in [5.74, 6) is 0.438. The van der Waals surface area contributed by atoms with Crippen LogP contribution in [-0.4, -0.2) is 24.3 Å². The van der Waals surface area contributed by atoms with Crippen molar-refractivity contribution in [2.45, 2.75) is 24.2 Å². The number of rotatable bonds is 4. The first-order valence-electron chi connectivity index (χ1n) is 8.09. The minimum Gasteiger partial charge on any atom is -0.354 e. The third-order valence-corrected chi connectivity index (χ3v) is 5.59. The molecule has 3 aromatic rings. The summed E-state index contributed by atoms with van der Waals surface area (Å²) in [6.45, 7) is 0. The predicted octanol–water partition coefficient (Wildman–Crippen LogP) is 3.06. The van der Waals surface area contributed by atoms with Gasteiger partial charge in [0.15, 0.2) is 17.4 Å². The monoisotopic (exact) mass is 369 g/mol. The molecule has 0 bridgehead atoms. The average Bonchev–Trinajstić information content (AvgIpc) is 3.10. The fraction of sp³-hybridized carbons (Fsp3) is 0.167. The summed E-state index contributed by atoms with van der Waals surface area (Å²) in [5, 5.41) is 3.75. The molecule has 132 valence electrons. The SMILES string of the molecule is O=C1CCCc2ccc(S(=O)(=O)Nc3cc(-c4cccnc4)on3)cc21. The van der Waals surface area contributed by atoms with Gasteiger partial charge in [0.1, 0.15) is 0 Å². The molecule has 0 radical (unpaired) electrons. The topological polar surface area (TPSA) is 102 Å². The Hall–Kier alpha value is -3.00. The largest absolute Gasteiger partial charge is 0.354 e. The number of hydrogen-bond acceptors (Lipinski definition) is 6. The molecule has 0 amide bonds. The lowest BCUT2D eigenvalue weighted by atomic mass is 9.91. The van der Waals surface area contributed by atoms with E-state index in [-0.39, 0.29) is 16.5 Å². The summed E-state index contributed by atoms with van der Waals surface area (Å²) in [4.78, 5) is 16.0. The zero-order valence-corrected chi connectivity index (χ0v) is 14.5. The molecule has 1 aliphatic rings. The van der Waals surface area contributed by atoms with E-state index >= 15 is 0 Å². The van der Waals surface area contributed by atoms with Crippen molar-refractivity contribution in [3.8, 4) is 11.3 Å². The van der Waals surface area contributed by atoms with Gasteiger partial charge in [-0.1, -0.05) is 11.2 Å². The number of nitrogens with zero attached hydrogens (tertiary/aromatic N) is 2. The van der Waals surface area contributed by atoms with Gasteiger partial charge in [-0.2, -0.15) is 0 Å². The number of carbonyl (C=O) groups excluding carboxylic acids is 1. The van der Waals surface area contributed by atoms with Gasteiger partial charge >= 0.3 is 0 Å². The van der Waals surface area contributed by atoms with Gasteiger partial charge in [-0.25, -0.2) is 8.42 Å². The van der Waals surface area contributed by atoms with Crippen molar-refractivity contribution in [1.82, 2.24) is 10.1 Å². The molecule has 0 atom stereocenters. The van der Waals surface area contributed by atoms with Crippen molar-refractivity contribution in [3.05, 3.63) is 59.9 Å². The first-order chi connectivity index (χ1) is 12.5. The fourth-order valence-electron chi connectivity index (χ4n) is 2.94. The molecule has 0 unspecified atom stereocenters. The van der Waals surface area contributed by atoms with E-state index in [1.807, 2.05) is 0 Å². The van der Waals surface area contributed by atoms with Gasteiger partial charge in [-0.3, -0.25) is 14.5 Å². The number of anilines is 1. The van der Waals surface area contributed by atoms with Crippen LogP contribution in [0.15, 0.2) is 58.2 Å². The van der Waals surface area contributed by atoms with Crippen LogP contribution >= 0.6 is 0 Å². The molecular formula is C18H15N3O4S. The molecule has 2 heterocycles. The van der Waals surface area contributed by atoms with Gasteiger partial charge < -0.3 is 4.52 Å². The molecule has 26 heavy (non-hydrogen) atoms. The summed E-state index contributed by atoms with van der Waals surface area (Å²) >= 11 is 0. The molecule has 1 aliphatic carbocycles. The lowest BCUT2D eigenvalue weighted by Gasteiger charge is -2.15. The summed E-state index contributed by atoms with van der Waals surface area (Å²) in [5.41, 5.74) is 2.06. The van der Waals surface area contributed by atoms with Crippen LogP contribution < -0.4 is 4.72 Å². The second-order valence-corrected chi connectivity index (χ2v) is 7.70. The normalized spacial score (nSPS) is 14.1. The minimum atomic E-state index is -3.88. The van der Waals surface area contributed by atoms with Crippen LogP contribution in [-0.2, 0) is 16.4 Å². The molecule has 0 aliphatic heterocycles. The van der Waals surface area contributed by atoms with Crippen LogP contribution in [0.3, 0.4) is 0 Å². The van der Waals surface area contributed by atoms with E-state index in [1.54, 1.807) is 30.6 Å². The van der Waals surface area contributed by atoms with Gasteiger partial charge in [-0.15, -0.1) is 0 Å². The zero-order valence-electron chi connectivity index (χ0n) is 13.7. The Kier molecular flexibility index (Phi) is 4.04. The maximum Gasteiger partial charge on any atom is 0.263 e. The highest BCUT2D eigenvalue weighted by atomic mass is 32.2. The zero-order chi connectivity index (χ0) is 18.1. The number of ketones is 1. The molecule has 0 saturated carbocycles. The van der Waals surface area contributed by atoms with E-state index < -0.39 is 10.0 Å². The maximum atomic E-state index is 12.6. The first-order valence-corrected chi connectivity index (χ1v) is 9.57. The molecule has 8 heteroatoms. The highest BCUT2D eigenvalue weighted by molar-refractivity contribution is 7.92.